The third-order valence-corrected chi connectivity index (χ3v) is 6.32. The molecule has 2 aromatic heterocycles. The molecule has 194 valence electrons. The maximum absolute atomic E-state index is 15.2. The molecule has 0 saturated carbocycles. The molecule has 0 radical (unpaired) electrons. The normalized spacial score (nSPS) is 17.6. The number of alkyl halides is 2. The molecule has 1 fully saturated rings. The van der Waals surface area contributed by atoms with Crippen LogP contribution in [0.1, 0.15) is 0 Å². The van der Waals surface area contributed by atoms with Gasteiger partial charge < -0.3 is 15.0 Å². The molecule has 11 nitrogen and oxygen atoms in total. The van der Waals surface area contributed by atoms with E-state index in [4.69, 9.17) is 4.74 Å². The average Bonchev–Trinajstić information content (AvgIpc) is 3.11. The monoisotopic (exact) mass is 518 g/mol. The minimum Gasteiger partial charge on any atom is -0.442 e. The summed E-state index contributed by atoms with van der Waals surface area (Å²) in [5.74, 6) is -2.12. The van der Waals surface area contributed by atoms with Crippen LogP contribution in [0.15, 0.2) is 46.1 Å². The Hall–Kier alpha value is -4.36. The third kappa shape index (κ3) is 4.49. The molecular formula is C23H21F3N6O5. The summed E-state index contributed by atoms with van der Waals surface area (Å²) in [6.45, 7) is 0.401. The van der Waals surface area contributed by atoms with Gasteiger partial charge in [-0.15, -0.1) is 0 Å². The van der Waals surface area contributed by atoms with E-state index in [1.807, 2.05) is 5.32 Å². The molecule has 1 saturated heterocycles. The molecular weight excluding hydrogens is 497 g/mol. The first-order valence-corrected chi connectivity index (χ1v) is 11.4. The van der Waals surface area contributed by atoms with Crippen molar-refractivity contribution in [2.75, 3.05) is 36.0 Å². The lowest BCUT2D eigenvalue weighted by molar-refractivity contribution is -0.132. The summed E-state index contributed by atoms with van der Waals surface area (Å²) in [6.07, 6.45) is -3.41. The Balaban J connectivity index is 1.32. The lowest BCUT2D eigenvalue weighted by atomic mass is 10.2. The van der Waals surface area contributed by atoms with Crippen molar-refractivity contribution >= 4 is 34.3 Å². The number of carbonyl (C=O) groups excluding carboxylic acids is 2. The number of ether oxygens (including phenoxy) is 1. The van der Waals surface area contributed by atoms with Gasteiger partial charge in [0.15, 0.2) is 0 Å². The zero-order chi connectivity index (χ0) is 26.3. The van der Waals surface area contributed by atoms with E-state index in [1.54, 1.807) is 17.0 Å². The predicted octanol–water partition coefficient (Wildman–Crippen LogP) is 0.924. The van der Waals surface area contributed by atoms with Crippen LogP contribution in [0.25, 0.3) is 10.9 Å². The van der Waals surface area contributed by atoms with Gasteiger partial charge in [-0.25, -0.2) is 18.5 Å². The molecule has 14 heteroatoms. The highest BCUT2D eigenvalue weighted by Gasteiger charge is 2.33. The second-order valence-electron chi connectivity index (χ2n) is 8.54. The Morgan fingerprint density at radius 3 is 2.51 bits per heavy atom. The quantitative estimate of drug-likeness (QED) is 0.534. The summed E-state index contributed by atoms with van der Waals surface area (Å²) in [7, 11) is 0. The summed E-state index contributed by atoms with van der Waals surface area (Å²) in [6, 6.07) is 7.25. The molecule has 1 N–H and O–H groups in total. The zero-order valence-corrected chi connectivity index (χ0v) is 19.3. The molecule has 1 aromatic carbocycles. The van der Waals surface area contributed by atoms with Gasteiger partial charge in [0.05, 0.1) is 42.9 Å². The van der Waals surface area contributed by atoms with E-state index in [-0.39, 0.29) is 67.1 Å². The van der Waals surface area contributed by atoms with Crippen LogP contribution in [0.5, 0.6) is 0 Å². The van der Waals surface area contributed by atoms with Crippen LogP contribution in [-0.2, 0) is 22.6 Å². The fourth-order valence-corrected chi connectivity index (χ4v) is 4.51. The number of rotatable bonds is 5. The minimum absolute atomic E-state index is 0.0619. The van der Waals surface area contributed by atoms with Crippen molar-refractivity contribution in [2.45, 2.75) is 25.6 Å². The maximum atomic E-state index is 15.2. The fraction of sp³-hybridized carbons (Fsp3) is 0.348. The van der Waals surface area contributed by atoms with E-state index in [9.17, 15) is 28.0 Å². The number of aromatic nitrogens is 3. The lowest BCUT2D eigenvalue weighted by Crippen LogP contribution is -2.39. The molecule has 1 unspecified atom stereocenters. The van der Waals surface area contributed by atoms with Gasteiger partial charge in [0.2, 0.25) is 0 Å². The number of carbonyl (C=O) groups is 2. The topological polar surface area (TPSA) is 119 Å². The molecule has 2 aliphatic heterocycles. The van der Waals surface area contributed by atoms with E-state index in [0.717, 1.165) is 11.0 Å². The van der Waals surface area contributed by atoms with E-state index in [2.05, 4.69) is 4.98 Å². The second-order valence-corrected chi connectivity index (χ2v) is 8.54. The van der Waals surface area contributed by atoms with Gasteiger partial charge in [0.25, 0.3) is 17.0 Å². The first-order valence-electron chi connectivity index (χ1n) is 11.4. The molecule has 1 atom stereocenters. The van der Waals surface area contributed by atoms with Crippen molar-refractivity contribution in [3.05, 3.63) is 63.1 Å². The molecule has 5 rings (SSSR count). The van der Waals surface area contributed by atoms with Crippen LogP contribution >= 0.6 is 0 Å². The Morgan fingerprint density at radius 1 is 1.08 bits per heavy atom. The summed E-state index contributed by atoms with van der Waals surface area (Å²) in [5, 5.41) is 2.21. The van der Waals surface area contributed by atoms with E-state index >= 15 is 4.39 Å². The van der Waals surface area contributed by atoms with Gasteiger partial charge in [-0.1, -0.05) is 0 Å². The maximum Gasteiger partial charge on any atom is 0.414 e. The van der Waals surface area contributed by atoms with Gasteiger partial charge in [-0.2, -0.15) is 8.78 Å². The zero-order valence-electron chi connectivity index (χ0n) is 19.3. The number of fused-ring (bicyclic) bond motifs is 2. The number of anilines is 2. The van der Waals surface area contributed by atoms with Crippen LogP contribution in [0.3, 0.4) is 0 Å². The van der Waals surface area contributed by atoms with Crippen molar-refractivity contribution in [3.63, 3.8) is 0 Å². The molecule has 2 amide bonds. The predicted molar refractivity (Wildman–Crippen MR) is 126 cm³/mol. The fourth-order valence-electron chi connectivity index (χ4n) is 4.51. The molecule has 4 heterocycles. The molecule has 3 aromatic rings. The van der Waals surface area contributed by atoms with Crippen molar-refractivity contribution in [2.24, 2.45) is 0 Å². The standard InChI is InChI=1S/C23H21F3N6O5/c24-16-10-13(30-12-14(37-23(30)36)11-28-20(33)19(25)26)3-4-17(16)29-6-8-31-21(34)15-2-1-5-27-18(15)22(35)32(31)9-7-29/h1-5,10,14,19H,6-9,11-12H2,(H,28,33). The Morgan fingerprint density at radius 2 is 1.81 bits per heavy atom. The van der Waals surface area contributed by atoms with Gasteiger partial charge in [0, 0.05) is 19.3 Å². The van der Waals surface area contributed by atoms with Crippen LogP contribution in [0.2, 0.25) is 0 Å². The van der Waals surface area contributed by atoms with Crippen molar-refractivity contribution in [1.82, 2.24) is 19.7 Å². The highest BCUT2D eigenvalue weighted by atomic mass is 19.3. The average molecular weight is 518 g/mol. The second kappa shape index (κ2) is 9.59. The summed E-state index contributed by atoms with van der Waals surface area (Å²) in [5.41, 5.74) is -0.269. The molecule has 37 heavy (non-hydrogen) atoms. The van der Waals surface area contributed by atoms with Crippen molar-refractivity contribution < 1.29 is 27.5 Å². The molecule has 0 bridgehead atoms. The number of benzene rings is 1. The number of cyclic esters (lactones) is 1. The first-order chi connectivity index (χ1) is 17.7. The first kappa shape index (κ1) is 24.3. The van der Waals surface area contributed by atoms with E-state index in [1.165, 1.54) is 27.7 Å². The smallest absolute Gasteiger partial charge is 0.414 e. The summed E-state index contributed by atoms with van der Waals surface area (Å²) in [4.78, 5) is 56.0. The van der Waals surface area contributed by atoms with Crippen LogP contribution in [-0.4, -0.2) is 65.1 Å². The number of nitrogens with zero attached hydrogens (tertiary/aromatic N) is 5. The molecule has 0 aliphatic carbocycles. The lowest BCUT2D eigenvalue weighted by Gasteiger charge is -2.23. The highest BCUT2D eigenvalue weighted by molar-refractivity contribution is 5.90. The highest BCUT2D eigenvalue weighted by Crippen LogP contribution is 2.28. The number of hydrogen-bond donors (Lipinski definition) is 1. The molecule has 2 aliphatic rings. The van der Waals surface area contributed by atoms with Gasteiger partial charge in [-0.3, -0.25) is 24.3 Å². The Labute approximate surface area is 206 Å². The Kier molecular flexibility index (Phi) is 6.31. The largest absolute Gasteiger partial charge is 0.442 e. The van der Waals surface area contributed by atoms with Crippen LogP contribution in [0.4, 0.5) is 29.3 Å². The van der Waals surface area contributed by atoms with Gasteiger partial charge in [0.1, 0.15) is 17.4 Å². The van der Waals surface area contributed by atoms with Gasteiger partial charge in [-0.05, 0) is 30.3 Å². The van der Waals surface area contributed by atoms with Crippen LogP contribution < -0.4 is 26.2 Å². The van der Waals surface area contributed by atoms with Gasteiger partial charge >= 0.3 is 12.5 Å². The Bertz CT molecular complexity index is 1450. The number of nitrogens with one attached hydrogen (secondary N) is 1. The number of amides is 2. The number of halogens is 3. The van der Waals surface area contributed by atoms with E-state index < -0.39 is 35.9 Å². The van der Waals surface area contributed by atoms with E-state index in [0.29, 0.717) is 0 Å². The summed E-state index contributed by atoms with van der Waals surface area (Å²) >= 11 is 0. The van der Waals surface area contributed by atoms with Crippen LogP contribution in [0, 0.1) is 5.82 Å². The SMILES string of the molecule is O=C(NCC1CN(c2ccc(N3CCn4c(=O)c5cccnc5c(=O)n4CC3)c(F)c2)C(=O)O1)C(F)F. The number of pyridine rings is 1. The third-order valence-electron chi connectivity index (χ3n) is 6.32. The minimum atomic E-state index is -3.19. The van der Waals surface area contributed by atoms with Crippen molar-refractivity contribution in [3.8, 4) is 0 Å². The van der Waals surface area contributed by atoms with Crippen molar-refractivity contribution in [1.29, 1.82) is 0 Å². The number of hydrogen-bond acceptors (Lipinski definition) is 7. The summed E-state index contributed by atoms with van der Waals surface area (Å²) < 4.78 is 47.6. The molecule has 0 spiro atoms.